The van der Waals surface area contributed by atoms with Crippen molar-refractivity contribution in [2.24, 2.45) is 0 Å². The Bertz CT molecular complexity index is 1010. The molecule has 0 aliphatic rings. The van der Waals surface area contributed by atoms with Gasteiger partial charge in [0.1, 0.15) is 5.75 Å². The lowest BCUT2D eigenvalue weighted by Gasteiger charge is -2.14. The van der Waals surface area contributed by atoms with Gasteiger partial charge in [0.2, 0.25) is 0 Å². The molecule has 0 amide bonds. The highest BCUT2D eigenvalue weighted by Crippen LogP contribution is 2.41. The maximum absolute atomic E-state index is 10.9. The molecular formula is C20H16O. The summed E-state index contributed by atoms with van der Waals surface area (Å²) in [5, 5.41) is 17.3. The first-order chi connectivity index (χ1) is 10.2. The summed E-state index contributed by atoms with van der Waals surface area (Å²) in [5.41, 5.74) is 2.42. The second-order valence-corrected chi connectivity index (χ2v) is 5.68. The van der Waals surface area contributed by atoms with Gasteiger partial charge in [-0.3, -0.25) is 0 Å². The van der Waals surface area contributed by atoms with E-state index >= 15 is 0 Å². The van der Waals surface area contributed by atoms with Crippen LogP contribution in [0.4, 0.5) is 0 Å². The smallest absolute Gasteiger partial charge is 0.131 e. The van der Waals surface area contributed by atoms with Crippen molar-refractivity contribution in [2.75, 3.05) is 0 Å². The zero-order valence-corrected chi connectivity index (χ0v) is 12.1. The van der Waals surface area contributed by atoms with Crippen molar-refractivity contribution in [2.45, 2.75) is 13.8 Å². The first-order valence-electron chi connectivity index (χ1n) is 7.21. The number of phenolic OH excluding ortho intramolecular Hbond substituents is 1. The summed E-state index contributed by atoms with van der Waals surface area (Å²) >= 11 is 0. The minimum atomic E-state index is 0.395. The average molecular weight is 272 g/mol. The summed E-state index contributed by atoms with van der Waals surface area (Å²) in [5.74, 6) is 0.395. The van der Waals surface area contributed by atoms with Gasteiger partial charge in [-0.25, -0.2) is 0 Å². The molecule has 0 atom stereocenters. The molecule has 0 fully saturated rings. The first kappa shape index (κ1) is 12.2. The molecule has 4 aromatic rings. The number of aryl methyl sites for hydroxylation is 2. The molecule has 0 unspecified atom stereocenters. The molecule has 0 saturated heterocycles. The Kier molecular flexibility index (Phi) is 2.46. The fourth-order valence-corrected chi connectivity index (χ4v) is 3.42. The van der Waals surface area contributed by atoms with Crippen LogP contribution in [0, 0.1) is 13.8 Å². The second-order valence-electron chi connectivity index (χ2n) is 5.68. The molecule has 0 saturated carbocycles. The van der Waals surface area contributed by atoms with Gasteiger partial charge in [0.15, 0.2) is 0 Å². The normalized spacial score (nSPS) is 11.5. The van der Waals surface area contributed by atoms with Crippen molar-refractivity contribution in [3.63, 3.8) is 0 Å². The third-order valence-electron chi connectivity index (χ3n) is 4.48. The van der Waals surface area contributed by atoms with Crippen LogP contribution in [0.3, 0.4) is 0 Å². The Balaban J connectivity index is 2.40. The second kappa shape index (κ2) is 4.23. The predicted octanol–water partition coefficient (Wildman–Crippen LogP) is 5.47. The number of benzene rings is 4. The summed E-state index contributed by atoms with van der Waals surface area (Å²) in [6, 6.07) is 18.6. The maximum Gasteiger partial charge on any atom is 0.131 e. The van der Waals surface area contributed by atoms with Crippen molar-refractivity contribution >= 4 is 32.3 Å². The molecule has 1 nitrogen and oxygen atoms in total. The molecule has 0 aliphatic carbocycles. The van der Waals surface area contributed by atoms with Crippen LogP contribution in [-0.2, 0) is 0 Å². The number of hydrogen-bond donors (Lipinski definition) is 1. The van der Waals surface area contributed by atoms with E-state index in [0.29, 0.717) is 5.75 Å². The van der Waals surface area contributed by atoms with Gasteiger partial charge < -0.3 is 5.11 Å². The summed E-state index contributed by atoms with van der Waals surface area (Å²) < 4.78 is 0. The minimum Gasteiger partial charge on any atom is -0.507 e. The van der Waals surface area contributed by atoms with E-state index in [1.165, 1.54) is 16.5 Å². The van der Waals surface area contributed by atoms with Gasteiger partial charge in [0.25, 0.3) is 0 Å². The van der Waals surface area contributed by atoms with E-state index in [9.17, 15) is 5.11 Å². The molecular weight excluding hydrogens is 256 g/mol. The lowest BCUT2D eigenvalue weighted by Crippen LogP contribution is -1.88. The van der Waals surface area contributed by atoms with Crippen molar-refractivity contribution in [3.8, 4) is 5.75 Å². The van der Waals surface area contributed by atoms with Gasteiger partial charge in [0.05, 0.1) is 0 Å². The highest BCUT2D eigenvalue weighted by molar-refractivity contribution is 6.19. The molecule has 0 bridgehead atoms. The number of rotatable bonds is 0. The van der Waals surface area contributed by atoms with Crippen LogP contribution in [0.2, 0.25) is 0 Å². The van der Waals surface area contributed by atoms with Gasteiger partial charge in [-0.2, -0.15) is 0 Å². The van der Waals surface area contributed by atoms with Crippen LogP contribution < -0.4 is 0 Å². The molecule has 1 N–H and O–H groups in total. The van der Waals surface area contributed by atoms with Crippen LogP contribution in [0.25, 0.3) is 32.3 Å². The maximum atomic E-state index is 10.9. The van der Waals surface area contributed by atoms with Gasteiger partial charge in [-0.05, 0) is 46.5 Å². The van der Waals surface area contributed by atoms with E-state index in [2.05, 4.69) is 50.2 Å². The van der Waals surface area contributed by atoms with Gasteiger partial charge in [-0.1, -0.05) is 54.6 Å². The first-order valence-corrected chi connectivity index (χ1v) is 7.21. The molecule has 4 aromatic carbocycles. The predicted molar refractivity (Wildman–Crippen MR) is 90.1 cm³/mol. The lowest BCUT2D eigenvalue weighted by atomic mass is 9.91. The van der Waals surface area contributed by atoms with E-state index in [0.717, 1.165) is 26.9 Å². The van der Waals surface area contributed by atoms with Crippen LogP contribution in [-0.4, -0.2) is 5.11 Å². The topological polar surface area (TPSA) is 20.2 Å². The Morgan fingerprint density at radius 1 is 0.667 bits per heavy atom. The lowest BCUT2D eigenvalue weighted by molar-refractivity contribution is 0.488. The molecule has 0 radical (unpaired) electrons. The summed E-state index contributed by atoms with van der Waals surface area (Å²) in [6.45, 7) is 4.24. The standard InChI is InChI=1S/C20H16O/c1-12-6-5-7-14-10-11-16-13(2)15-8-3-4-9-17(15)20(21)19(16)18(12)14/h3-11,21H,1-2H3. The van der Waals surface area contributed by atoms with Crippen molar-refractivity contribution in [1.29, 1.82) is 0 Å². The quantitative estimate of drug-likeness (QED) is 0.332. The zero-order valence-electron chi connectivity index (χ0n) is 12.1. The highest BCUT2D eigenvalue weighted by atomic mass is 16.3. The Labute approximate surface area is 123 Å². The molecule has 1 heteroatoms. The molecule has 102 valence electrons. The molecule has 0 spiro atoms. The van der Waals surface area contributed by atoms with Crippen LogP contribution >= 0.6 is 0 Å². The minimum absolute atomic E-state index is 0.395. The summed E-state index contributed by atoms with van der Waals surface area (Å²) in [4.78, 5) is 0. The third-order valence-corrected chi connectivity index (χ3v) is 4.48. The number of phenols is 1. The fraction of sp³-hybridized carbons (Fsp3) is 0.100. The van der Waals surface area contributed by atoms with Crippen LogP contribution in [0.5, 0.6) is 5.75 Å². The number of aromatic hydroxyl groups is 1. The van der Waals surface area contributed by atoms with E-state index in [1.807, 2.05) is 18.2 Å². The number of fused-ring (bicyclic) bond motifs is 4. The molecule has 4 rings (SSSR count). The zero-order chi connectivity index (χ0) is 14.6. The molecule has 0 aliphatic heterocycles. The Morgan fingerprint density at radius 2 is 1.43 bits per heavy atom. The highest BCUT2D eigenvalue weighted by Gasteiger charge is 2.13. The van der Waals surface area contributed by atoms with Gasteiger partial charge in [0, 0.05) is 10.8 Å². The van der Waals surface area contributed by atoms with E-state index in [1.54, 1.807) is 0 Å². The monoisotopic (exact) mass is 272 g/mol. The third kappa shape index (κ3) is 1.58. The Morgan fingerprint density at radius 3 is 2.24 bits per heavy atom. The Hall–Kier alpha value is -2.54. The van der Waals surface area contributed by atoms with Gasteiger partial charge in [-0.15, -0.1) is 0 Å². The van der Waals surface area contributed by atoms with Crippen molar-refractivity contribution in [1.82, 2.24) is 0 Å². The van der Waals surface area contributed by atoms with Crippen LogP contribution in [0.1, 0.15) is 11.1 Å². The summed E-state index contributed by atoms with van der Waals surface area (Å²) in [6.07, 6.45) is 0. The van der Waals surface area contributed by atoms with E-state index < -0.39 is 0 Å². The number of hydrogen-bond acceptors (Lipinski definition) is 1. The average Bonchev–Trinajstić information content (AvgIpc) is 2.52. The molecule has 21 heavy (non-hydrogen) atoms. The van der Waals surface area contributed by atoms with Gasteiger partial charge >= 0.3 is 0 Å². The molecule has 0 heterocycles. The van der Waals surface area contributed by atoms with Crippen LogP contribution in [0.15, 0.2) is 54.6 Å². The summed E-state index contributed by atoms with van der Waals surface area (Å²) in [7, 11) is 0. The fourth-order valence-electron chi connectivity index (χ4n) is 3.42. The van der Waals surface area contributed by atoms with E-state index in [-0.39, 0.29) is 0 Å². The largest absolute Gasteiger partial charge is 0.507 e. The van der Waals surface area contributed by atoms with Crippen molar-refractivity contribution in [3.05, 3.63) is 65.7 Å². The molecule has 0 aromatic heterocycles. The van der Waals surface area contributed by atoms with E-state index in [4.69, 9.17) is 0 Å². The van der Waals surface area contributed by atoms with Crippen molar-refractivity contribution < 1.29 is 5.11 Å². The SMILES string of the molecule is Cc1c2ccccc2c(O)c2c1ccc1cccc(C)c12.